The highest BCUT2D eigenvalue weighted by Gasteiger charge is 2.45. The van der Waals surface area contributed by atoms with Crippen LogP contribution < -0.4 is 10.5 Å². The molecule has 0 bridgehead atoms. The highest BCUT2D eigenvalue weighted by atomic mass is 16.5. The van der Waals surface area contributed by atoms with E-state index in [1.165, 1.54) is 16.7 Å². The van der Waals surface area contributed by atoms with E-state index in [9.17, 15) is 0 Å². The van der Waals surface area contributed by atoms with Crippen LogP contribution in [0, 0.1) is 6.92 Å². The number of nitrogens with two attached hydrogens (primary N) is 1. The van der Waals surface area contributed by atoms with E-state index >= 15 is 0 Å². The fourth-order valence-corrected chi connectivity index (χ4v) is 2.85. The van der Waals surface area contributed by atoms with Crippen molar-refractivity contribution < 1.29 is 9.47 Å². The fraction of sp³-hybridized carbons (Fsp3) is 0.625. The van der Waals surface area contributed by atoms with E-state index < -0.39 is 0 Å². The lowest BCUT2D eigenvalue weighted by Gasteiger charge is -2.46. The van der Waals surface area contributed by atoms with Crippen LogP contribution in [0.4, 0.5) is 0 Å². The smallest absolute Gasteiger partial charge is 0.122 e. The van der Waals surface area contributed by atoms with Crippen LogP contribution in [0.2, 0.25) is 0 Å². The highest BCUT2D eigenvalue weighted by molar-refractivity contribution is 5.48. The summed E-state index contributed by atoms with van der Waals surface area (Å²) in [6.07, 6.45) is 0. The van der Waals surface area contributed by atoms with E-state index in [4.69, 9.17) is 15.2 Å². The van der Waals surface area contributed by atoms with Gasteiger partial charge in [0.1, 0.15) is 5.75 Å². The summed E-state index contributed by atoms with van der Waals surface area (Å²) >= 11 is 0. The minimum atomic E-state index is -0.0278. The molecule has 0 radical (unpaired) electrons. The van der Waals surface area contributed by atoms with Crippen LogP contribution in [0.5, 0.6) is 5.75 Å². The number of benzene rings is 1. The largest absolute Gasteiger partial charge is 0.496 e. The maximum atomic E-state index is 6.22. The first-order valence-corrected chi connectivity index (χ1v) is 6.94. The lowest BCUT2D eigenvalue weighted by molar-refractivity contribution is -0.0705. The van der Waals surface area contributed by atoms with Gasteiger partial charge in [-0.1, -0.05) is 19.9 Å². The minimum Gasteiger partial charge on any atom is -0.496 e. The highest BCUT2D eigenvalue weighted by Crippen LogP contribution is 2.40. The standard InChI is InChI=1S/C16H25NO2/c1-10(2)13-7-14(11(3)6-15(13)18-5)16(12(4)17)8-19-9-16/h6-7,10,12H,8-9,17H2,1-5H3. The van der Waals surface area contributed by atoms with Crippen LogP contribution in [-0.2, 0) is 10.2 Å². The molecule has 0 aliphatic carbocycles. The van der Waals surface area contributed by atoms with Gasteiger partial charge in [-0.2, -0.15) is 0 Å². The van der Waals surface area contributed by atoms with Gasteiger partial charge in [0, 0.05) is 6.04 Å². The summed E-state index contributed by atoms with van der Waals surface area (Å²) < 4.78 is 11.0. The summed E-state index contributed by atoms with van der Waals surface area (Å²) in [6, 6.07) is 4.49. The molecule has 0 saturated carbocycles. The zero-order chi connectivity index (χ0) is 14.2. The second-order valence-electron chi connectivity index (χ2n) is 6.00. The molecule has 3 heteroatoms. The third-order valence-electron chi connectivity index (χ3n) is 4.33. The Morgan fingerprint density at radius 2 is 1.89 bits per heavy atom. The van der Waals surface area contributed by atoms with Crippen molar-refractivity contribution in [2.45, 2.75) is 45.1 Å². The maximum Gasteiger partial charge on any atom is 0.122 e. The van der Waals surface area contributed by atoms with Gasteiger partial charge in [0.05, 0.1) is 25.7 Å². The van der Waals surface area contributed by atoms with Crippen LogP contribution in [0.25, 0.3) is 0 Å². The second kappa shape index (κ2) is 5.14. The van der Waals surface area contributed by atoms with E-state index in [-0.39, 0.29) is 11.5 Å². The monoisotopic (exact) mass is 263 g/mol. The number of hydrogen-bond acceptors (Lipinski definition) is 3. The summed E-state index contributed by atoms with van der Waals surface area (Å²) in [6.45, 7) is 10.0. The molecule has 1 atom stereocenters. The Kier molecular flexibility index (Phi) is 3.88. The molecule has 2 N–H and O–H groups in total. The third kappa shape index (κ3) is 2.26. The van der Waals surface area contributed by atoms with Crippen LogP contribution in [0.1, 0.15) is 43.4 Å². The molecule has 1 aromatic carbocycles. The van der Waals surface area contributed by atoms with Crippen LogP contribution in [0.15, 0.2) is 12.1 Å². The van der Waals surface area contributed by atoms with Crippen molar-refractivity contribution in [2.24, 2.45) is 5.73 Å². The van der Waals surface area contributed by atoms with Gasteiger partial charge in [-0.25, -0.2) is 0 Å². The number of ether oxygens (including phenoxy) is 2. The lowest BCUT2D eigenvalue weighted by atomic mass is 9.71. The number of methoxy groups -OCH3 is 1. The first-order valence-electron chi connectivity index (χ1n) is 6.94. The normalized spacial score (nSPS) is 19.1. The SMILES string of the molecule is COc1cc(C)c(C2(C(C)N)COC2)cc1C(C)C. The van der Waals surface area contributed by atoms with Crippen molar-refractivity contribution >= 4 is 0 Å². The third-order valence-corrected chi connectivity index (χ3v) is 4.33. The van der Waals surface area contributed by atoms with Crippen molar-refractivity contribution in [2.75, 3.05) is 20.3 Å². The van der Waals surface area contributed by atoms with Gasteiger partial charge < -0.3 is 15.2 Å². The molecule has 2 rings (SSSR count). The van der Waals surface area contributed by atoms with Crippen molar-refractivity contribution in [3.8, 4) is 5.75 Å². The Balaban J connectivity index is 2.55. The first-order chi connectivity index (χ1) is 8.92. The average Bonchev–Trinajstić information content (AvgIpc) is 2.28. The zero-order valence-electron chi connectivity index (χ0n) is 12.6. The van der Waals surface area contributed by atoms with Crippen LogP contribution in [0.3, 0.4) is 0 Å². The molecule has 3 nitrogen and oxygen atoms in total. The molecule has 19 heavy (non-hydrogen) atoms. The Hall–Kier alpha value is -1.06. The molecule has 1 aromatic rings. The second-order valence-corrected chi connectivity index (χ2v) is 6.00. The summed E-state index contributed by atoms with van der Waals surface area (Å²) in [4.78, 5) is 0. The minimum absolute atomic E-state index is 0.0278. The van der Waals surface area contributed by atoms with Crippen molar-refractivity contribution in [1.82, 2.24) is 0 Å². The van der Waals surface area contributed by atoms with E-state index in [2.05, 4.69) is 39.8 Å². The van der Waals surface area contributed by atoms with Gasteiger partial charge >= 0.3 is 0 Å². The van der Waals surface area contributed by atoms with Gasteiger partial charge in [0.25, 0.3) is 0 Å². The quantitative estimate of drug-likeness (QED) is 0.908. The molecule has 0 amide bonds. The number of aryl methyl sites for hydroxylation is 1. The van der Waals surface area contributed by atoms with E-state index in [1.807, 2.05) is 0 Å². The van der Waals surface area contributed by atoms with Crippen LogP contribution >= 0.6 is 0 Å². The predicted molar refractivity (Wildman–Crippen MR) is 78.0 cm³/mol. The predicted octanol–water partition coefficient (Wildman–Crippen LogP) is 2.74. The molecule has 0 aromatic heterocycles. The molecule has 0 spiro atoms. The summed E-state index contributed by atoms with van der Waals surface area (Å²) in [5, 5.41) is 0. The average molecular weight is 263 g/mol. The Morgan fingerprint density at radius 3 is 2.26 bits per heavy atom. The Bertz CT molecular complexity index is 462. The molecule has 1 aliphatic rings. The number of hydrogen-bond donors (Lipinski definition) is 1. The summed E-state index contributed by atoms with van der Waals surface area (Å²) in [5.41, 5.74) is 9.99. The van der Waals surface area contributed by atoms with Gasteiger partial charge in [0.2, 0.25) is 0 Å². The first kappa shape index (κ1) is 14.4. The summed E-state index contributed by atoms with van der Waals surface area (Å²) in [7, 11) is 1.73. The Morgan fingerprint density at radius 1 is 1.26 bits per heavy atom. The van der Waals surface area contributed by atoms with Gasteiger partial charge in [-0.15, -0.1) is 0 Å². The van der Waals surface area contributed by atoms with Crippen molar-refractivity contribution in [3.05, 3.63) is 28.8 Å². The molecule has 106 valence electrons. The van der Waals surface area contributed by atoms with Gasteiger partial charge in [-0.05, 0) is 42.5 Å². The van der Waals surface area contributed by atoms with E-state index in [1.54, 1.807) is 7.11 Å². The fourth-order valence-electron chi connectivity index (χ4n) is 2.85. The van der Waals surface area contributed by atoms with E-state index in [0.29, 0.717) is 5.92 Å². The van der Waals surface area contributed by atoms with E-state index in [0.717, 1.165) is 19.0 Å². The number of rotatable bonds is 4. The summed E-state index contributed by atoms with van der Waals surface area (Å²) in [5.74, 6) is 1.40. The van der Waals surface area contributed by atoms with Crippen molar-refractivity contribution in [3.63, 3.8) is 0 Å². The zero-order valence-corrected chi connectivity index (χ0v) is 12.6. The van der Waals surface area contributed by atoms with Gasteiger partial charge in [0.15, 0.2) is 0 Å². The molecule has 1 aliphatic heterocycles. The molecule has 1 fully saturated rings. The molecular formula is C16H25NO2. The molecule has 1 unspecified atom stereocenters. The molecule has 1 heterocycles. The van der Waals surface area contributed by atoms with Crippen LogP contribution in [-0.4, -0.2) is 26.4 Å². The molecular weight excluding hydrogens is 238 g/mol. The maximum absolute atomic E-state index is 6.22. The lowest BCUT2D eigenvalue weighted by Crippen LogP contribution is -2.58. The van der Waals surface area contributed by atoms with Crippen molar-refractivity contribution in [1.29, 1.82) is 0 Å². The topological polar surface area (TPSA) is 44.5 Å². The molecule has 1 saturated heterocycles. The van der Waals surface area contributed by atoms with Gasteiger partial charge in [-0.3, -0.25) is 0 Å². The Labute approximate surface area is 116 Å².